The standard InChI is InChI=1S/C12H15BrN2O2S/c1-3-4-5-6-15-18(16,17)12-8-11(14)10(13)7-9(12)2/h7-8,15H,5-6,14H2,1-2H3. The molecule has 0 fully saturated rings. The summed E-state index contributed by atoms with van der Waals surface area (Å²) in [6, 6.07) is 3.14. The Morgan fingerprint density at radius 1 is 1.44 bits per heavy atom. The number of aryl methyl sites for hydroxylation is 1. The molecule has 0 spiro atoms. The smallest absolute Gasteiger partial charge is 0.240 e. The fraction of sp³-hybridized carbons (Fsp3) is 0.333. The van der Waals surface area contributed by atoms with Crippen LogP contribution in [-0.4, -0.2) is 15.0 Å². The van der Waals surface area contributed by atoms with E-state index < -0.39 is 10.0 Å². The van der Waals surface area contributed by atoms with Gasteiger partial charge in [-0.05, 0) is 47.5 Å². The summed E-state index contributed by atoms with van der Waals surface area (Å²) in [5.41, 5.74) is 6.74. The van der Waals surface area contributed by atoms with E-state index in [9.17, 15) is 8.42 Å². The summed E-state index contributed by atoms with van der Waals surface area (Å²) < 4.78 is 27.3. The Morgan fingerprint density at radius 3 is 2.72 bits per heavy atom. The summed E-state index contributed by atoms with van der Waals surface area (Å²) in [5.74, 6) is 5.51. The van der Waals surface area contributed by atoms with Crippen LogP contribution in [0.15, 0.2) is 21.5 Å². The van der Waals surface area contributed by atoms with Crippen molar-refractivity contribution in [3.63, 3.8) is 0 Å². The van der Waals surface area contributed by atoms with Crippen molar-refractivity contribution < 1.29 is 8.42 Å². The van der Waals surface area contributed by atoms with E-state index in [-0.39, 0.29) is 4.90 Å². The number of nitrogen functional groups attached to an aromatic ring is 1. The van der Waals surface area contributed by atoms with Gasteiger partial charge in [0.15, 0.2) is 0 Å². The van der Waals surface area contributed by atoms with Gasteiger partial charge in [0, 0.05) is 23.1 Å². The van der Waals surface area contributed by atoms with Crippen molar-refractivity contribution in [1.82, 2.24) is 4.72 Å². The first-order valence-corrected chi connectivity index (χ1v) is 7.61. The minimum absolute atomic E-state index is 0.202. The molecule has 0 aliphatic carbocycles. The van der Waals surface area contributed by atoms with E-state index >= 15 is 0 Å². The molecule has 1 aromatic rings. The molecule has 0 bridgehead atoms. The second-order valence-corrected chi connectivity index (χ2v) is 6.30. The highest BCUT2D eigenvalue weighted by atomic mass is 79.9. The van der Waals surface area contributed by atoms with Crippen molar-refractivity contribution in [2.45, 2.75) is 25.2 Å². The fourth-order valence-corrected chi connectivity index (χ4v) is 3.16. The van der Waals surface area contributed by atoms with Gasteiger partial charge in [0.1, 0.15) is 0 Å². The van der Waals surface area contributed by atoms with Gasteiger partial charge < -0.3 is 5.73 Å². The summed E-state index contributed by atoms with van der Waals surface area (Å²) in [6.45, 7) is 3.73. The first kappa shape index (κ1) is 15.0. The van der Waals surface area contributed by atoms with Gasteiger partial charge in [-0.1, -0.05) is 0 Å². The summed E-state index contributed by atoms with van der Waals surface area (Å²) >= 11 is 3.26. The maximum absolute atomic E-state index is 12.0. The summed E-state index contributed by atoms with van der Waals surface area (Å²) in [5, 5.41) is 0. The highest BCUT2D eigenvalue weighted by Gasteiger charge is 2.17. The van der Waals surface area contributed by atoms with E-state index in [1.165, 1.54) is 6.07 Å². The third-order valence-corrected chi connectivity index (χ3v) is 4.59. The molecule has 0 heterocycles. The number of sulfonamides is 1. The molecule has 0 amide bonds. The SMILES string of the molecule is CC#CCCNS(=O)(=O)c1cc(N)c(Br)cc1C. The average Bonchev–Trinajstić information content (AvgIpc) is 2.29. The molecule has 0 aromatic heterocycles. The number of hydrogen-bond acceptors (Lipinski definition) is 3. The maximum Gasteiger partial charge on any atom is 0.240 e. The Hall–Kier alpha value is -1.03. The summed E-state index contributed by atoms with van der Waals surface area (Å²) in [4.78, 5) is 0.202. The highest BCUT2D eigenvalue weighted by molar-refractivity contribution is 9.10. The van der Waals surface area contributed by atoms with Crippen molar-refractivity contribution >= 4 is 31.6 Å². The predicted molar refractivity (Wildman–Crippen MR) is 76.5 cm³/mol. The van der Waals surface area contributed by atoms with Gasteiger partial charge in [0.2, 0.25) is 10.0 Å². The molecule has 18 heavy (non-hydrogen) atoms. The predicted octanol–water partition coefficient (Wildman–Crippen LogP) is 2.03. The Balaban J connectivity index is 2.97. The third kappa shape index (κ3) is 3.73. The van der Waals surface area contributed by atoms with Gasteiger partial charge in [-0.25, -0.2) is 13.1 Å². The molecule has 0 radical (unpaired) electrons. The van der Waals surface area contributed by atoms with E-state index in [1.54, 1.807) is 19.9 Å². The van der Waals surface area contributed by atoms with Gasteiger partial charge in [0.25, 0.3) is 0 Å². The Kier molecular flexibility index (Phi) is 5.20. The van der Waals surface area contributed by atoms with Crippen LogP contribution < -0.4 is 10.5 Å². The van der Waals surface area contributed by atoms with Crippen molar-refractivity contribution in [2.75, 3.05) is 12.3 Å². The van der Waals surface area contributed by atoms with Crippen LogP contribution >= 0.6 is 15.9 Å². The number of halogens is 1. The van der Waals surface area contributed by atoms with Gasteiger partial charge >= 0.3 is 0 Å². The fourth-order valence-electron chi connectivity index (χ4n) is 1.41. The van der Waals surface area contributed by atoms with E-state index in [2.05, 4.69) is 32.5 Å². The van der Waals surface area contributed by atoms with E-state index in [0.29, 0.717) is 28.7 Å². The summed E-state index contributed by atoms with van der Waals surface area (Å²) in [7, 11) is -3.53. The lowest BCUT2D eigenvalue weighted by atomic mass is 10.2. The molecule has 0 aliphatic rings. The molecule has 0 saturated heterocycles. The average molecular weight is 331 g/mol. The number of nitrogens with one attached hydrogen (secondary N) is 1. The van der Waals surface area contributed by atoms with Gasteiger partial charge in [-0.3, -0.25) is 0 Å². The zero-order valence-electron chi connectivity index (χ0n) is 10.2. The number of benzene rings is 1. The molecular formula is C12H15BrN2O2S. The largest absolute Gasteiger partial charge is 0.398 e. The number of rotatable bonds is 4. The molecule has 3 N–H and O–H groups in total. The molecule has 0 atom stereocenters. The molecule has 1 rings (SSSR count). The van der Waals surface area contributed by atoms with Crippen LogP contribution in [0.2, 0.25) is 0 Å². The van der Waals surface area contributed by atoms with Crippen LogP contribution in [0.1, 0.15) is 18.9 Å². The lowest BCUT2D eigenvalue weighted by Gasteiger charge is -2.10. The van der Waals surface area contributed by atoms with E-state index in [0.717, 1.165) is 0 Å². The van der Waals surface area contributed by atoms with Gasteiger partial charge in [-0.2, -0.15) is 0 Å². The van der Waals surface area contributed by atoms with Crippen LogP contribution in [-0.2, 0) is 10.0 Å². The van der Waals surface area contributed by atoms with Crippen LogP contribution in [0.3, 0.4) is 0 Å². The van der Waals surface area contributed by atoms with Gasteiger partial charge in [0.05, 0.1) is 4.90 Å². The zero-order valence-corrected chi connectivity index (χ0v) is 12.7. The molecule has 0 saturated carbocycles. The number of hydrogen-bond donors (Lipinski definition) is 2. The lowest BCUT2D eigenvalue weighted by Crippen LogP contribution is -2.25. The molecule has 1 aromatic carbocycles. The van der Waals surface area contributed by atoms with Crippen LogP contribution in [0.4, 0.5) is 5.69 Å². The Labute approximate surface area is 116 Å². The first-order chi connectivity index (χ1) is 8.38. The molecule has 6 heteroatoms. The maximum atomic E-state index is 12.0. The molecule has 0 aliphatic heterocycles. The van der Waals surface area contributed by atoms with Crippen LogP contribution in [0.5, 0.6) is 0 Å². The van der Waals surface area contributed by atoms with Crippen molar-refractivity contribution in [3.8, 4) is 11.8 Å². The minimum Gasteiger partial charge on any atom is -0.398 e. The molecule has 98 valence electrons. The van der Waals surface area contributed by atoms with Crippen molar-refractivity contribution in [2.24, 2.45) is 0 Å². The Bertz CT molecular complexity index is 600. The van der Waals surface area contributed by atoms with Crippen LogP contribution in [0.25, 0.3) is 0 Å². The van der Waals surface area contributed by atoms with Crippen LogP contribution in [0, 0.1) is 18.8 Å². The topological polar surface area (TPSA) is 72.2 Å². The lowest BCUT2D eigenvalue weighted by molar-refractivity contribution is 0.582. The molecule has 0 unspecified atom stereocenters. The zero-order chi connectivity index (χ0) is 13.8. The van der Waals surface area contributed by atoms with E-state index in [1.807, 2.05) is 0 Å². The summed E-state index contributed by atoms with van der Waals surface area (Å²) in [6.07, 6.45) is 0.487. The van der Waals surface area contributed by atoms with Gasteiger partial charge in [-0.15, -0.1) is 11.8 Å². The quantitative estimate of drug-likeness (QED) is 0.504. The monoisotopic (exact) mass is 330 g/mol. The first-order valence-electron chi connectivity index (χ1n) is 5.33. The molecular weight excluding hydrogens is 316 g/mol. The normalized spacial score (nSPS) is 10.8. The second kappa shape index (κ2) is 6.23. The van der Waals surface area contributed by atoms with E-state index in [4.69, 9.17) is 5.73 Å². The highest BCUT2D eigenvalue weighted by Crippen LogP contribution is 2.26. The number of nitrogens with two attached hydrogens (primary N) is 1. The molecule has 4 nitrogen and oxygen atoms in total. The second-order valence-electron chi connectivity index (χ2n) is 3.71. The third-order valence-electron chi connectivity index (χ3n) is 2.30. The van der Waals surface area contributed by atoms with Crippen molar-refractivity contribution in [3.05, 3.63) is 22.2 Å². The Morgan fingerprint density at radius 2 is 2.11 bits per heavy atom. The number of anilines is 1. The minimum atomic E-state index is -3.53. The van der Waals surface area contributed by atoms with Crippen molar-refractivity contribution in [1.29, 1.82) is 0 Å².